The van der Waals surface area contributed by atoms with Gasteiger partial charge in [-0.15, -0.1) is 21.5 Å². The second-order valence-corrected chi connectivity index (χ2v) is 8.57. The average Bonchev–Trinajstić information content (AvgIpc) is 3.59. The number of ether oxygens (including phenoxy) is 1. The SMILES string of the molecule is CCC1c2nncn2-c2cnc(-c3cnn(C)c3-c3nccs3)nc2N1C1CCOC1. The summed E-state index contributed by atoms with van der Waals surface area (Å²) in [5.74, 6) is 2.43. The largest absolute Gasteiger partial charge is 0.379 e. The predicted molar refractivity (Wildman–Crippen MR) is 115 cm³/mol. The first kappa shape index (κ1) is 18.6. The van der Waals surface area contributed by atoms with Crippen LogP contribution in [-0.2, 0) is 11.8 Å². The summed E-state index contributed by atoms with van der Waals surface area (Å²) in [4.78, 5) is 16.6. The fraction of sp³-hybridized carbons (Fsp3) is 0.400. The molecule has 0 amide bonds. The van der Waals surface area contributed by atoms with Crippen molar-refractivity contribution >= 4 is 17.2 Å². The minimum atomic E-state index is 0.0804. The maximum absolute atomic E-state index is 5.73. The highest BCUT2D eigenvalue weighted by Gasteiger charge is 2.39. The zero-order valence-electron chi connectivity index (χ0n) is 17.2. The molecular weight excluding hydrogens is 414 g/mol. The van der Waals surface area contributed by atoms with E-state index >= 15 is 0 Å². The molecule has 0 aromatic carbocycles. The first-order valence-corrected chi connectivity index (χ1v) is 11.2. The fourth-order valence-corrected chi connectivity index (χ4v) is 5.25. The molecule has 158 valence electrons. The third-order valence-corrected chi connectivity index (χ3v) is 6.74. The summed E-state index contributed by atoms with van der Waals surface area (Å²) in [7, 11) is 1.91. The molecule has 11 heteroatoms. The lowest BCUT2D eigenvalue weighted by atomic mass is 10.0. The second kappa shape index (κ2) is 7.20. The van der Waals surface area contributed by atoms with Crippen LogP contribution < -0.4 is 4.90 Å². The molecule has 2 unspecified atom stereocenters. The molecule has 0 bridgehead atoms. The van der Waals surface area contributed by atoms with E-state index in [1.165, 1.54) is 0 Å². The summed E-state index contributed by atoms with van der Waals surface area (Å²) in [6.45, 7) is 3.61. The van der Waals surface area contributed by atoms with Crippen molar-refractivity contribution in [1.29, 1.82) is 0 Å². The van der Waals surface area contributed by atoms with Crippen molar-refractivity contribution in [3.05, 3.63) is 36.1 Å². The summed E-state index contributed by atoms with van der Waals surface area (Å²) >= 11 is 1.57. The zero-order chi connectivity index (χ0) is 20.9. The molecule has 1 fully saturated rings. The number of aryl methyl sites for hydroxylation is 1. The number of hydrogen-bond donors (Lipinski definition) is 0. The van der Waals surface area contributed by atoms with Crippen LogP contribution in [0.15, 0.2) is 30.3 Å². The molecule has 6 heterocycles. The van der Waals surface area contributed by atoms with Gasteiger partial charge in [-0.1, -0.05) is 6.92 Å². The van der Waals surface area contributed by atoms with Crippen LogP contribution >= 0.6 is 11.3 Å². The van der Waals surface area contributed by atoms with Gasteiger partial charge in [0, 0.05) is 25.2 Å². The summed E-state index contributed by atoms with van der Waals surface area (Å²) in [5.41, 5.74) is 2.67. The lowest BCUT2D eigenvalue weighted by Crippen LogP contribution is -2.43. The summed E-state index contributed by atoms with van der Waals surface area (Å²) in [5, 5.41) is 15.9. The van der Waals surface area contributed by atoms with Gasteiger partial charge in [0.05, 0.1) is 36.6 Å². The van der Waals surface area contributed by atoms with Gasteiger partial charge in [-0.2, -0.15) is 5.10 Å². The van der Waals surface area contributed by atoms with Crippen LogP contribution in [-0.4, -0.2) is 58.8 Å². The molecule has 0 N–H and O–H groups in total. The van der Waals surface area contributed by atoms with Gasteiger partial charge in [-0.3, -0.25) is 9.25 Å². The molecule has 0 radical (unpaired) electrons. The molecule has 0 spiro atoms. The number of hydrogen-bond acceptors (Lipinski definition) is 9. The Bertz CT molecular complexity index is 1230. The van der Waals surface area contributed by atoms with Crippen molar-refractivity contribution in [2.75, 3.05) is 18.1 Å². The van der Waals surface area contributed by atoms with Gasteiger partial charge in [0.15, 0.2) is 17.5 Å². The molecule has 0 aliphatic carbocycles. The van der Waals surface area contributed by atoms with E-state index in [0.29, 0.717) is 12.4 Å². The van der Waals surface area contributed by atoms with Crippen LogP contribution in [0.3, 0.4) is 0 Å². The Morgan fingerprint density at radius 3 is 2.97 bits per heavy atom. The van der Waals surface area contributed by atoms with Crippen LogP contribution in [0.5, 0.6) is 0 Å². The monoisotopic (exact) mass is 435 g/mol. The second-order valence-electron chi connectivity index (χ2n) is 7.68. The highest BCUT2D eigenvalue weighted by molar-refractivity contribution is 7.13. The number of nitrogens with zero attached hydrogens (tertiary/aromatic N) is 9. The van der Waals surface area contributed by atoms with Gasteiger partial charge in [-0.05, 0) is 12.8 Å². The third-order valence-electron chi connectivity index (χ3n) is 5.96. The Hall–Kier alpha value is -3.18. The van der Waals surface area contributed by atoms with E-state index in [2.05, 4.69) is 32.1 Å². The van der Waals surface area contributed by atoms with Crippen molar-refractivity contribution in [1.82, 2.24) is 39.5 Å². The standard InChI is InChI=1S/C20H21N9OS/c1-3-14-19-26-23-11-28(19)15-9-22-17(25-18(15)29(14)12-4-6-30-10-12)13-8-24-27(2)16(13)20-21-5-7-31-20/h5,7-9,11-12,14H,3-4,6,10H2,1-2H3. The molecule has 4 aromatic heterocycles. The first-order chi connectivity index (χ1) is 15.3. The highest BCUT2D eigenvalue weighted by atomic mass is 32.1. The molecule has 6 rings (SSSR count). The Labute approximate surface area is 182 Å². The smallest absolute Gasteiger partial charge is 0.165 e. The molecule has 2 atom stereocenters. The summed E-state index contributed by atoms with van der Waals surface area (Å²) in [6.07, 6.45) is 9.06. The Morgan fingerprint density at radius 1 is 1.26 bits per heavy atom. The van der Waals surface area contributed by atoms with E-state index in [-0.39, 0.29) is 12.1 Å². The van der Waals surface area contributed by atoms with Gasteiger partial charge < -0.3 is 9.64 Å². The minimum Gasteiger partial charge on any atom is -0.379 e. The molecule has 4 aromatic rings. The minimum absolute atomic E-state index is 0.0804. The van der Waals surface area contributed by atoms with Crippen LogP contribution in [0.1, 0.15) is 31.6 Å². The van der Waals surface area contributed by atoms with Gasteiger partial charge in [-0.25, -0.2) is 15.0 Å². The van der Waals surface area contributed by atoms with E-state index in [1.807, 2.05) is 34.1 Å². The first-order valence-electron chi connectivity index (χ1n) is 10.3. The number of thiazole rings is 1. The molecule has 1 saturated heterocycles. The predicted octanol–water partition coefficient (Wildman–Crippen LogP) is 2.64. The van der Waals surface area contributed by atoms with Crippen molar-refractivity contribution in [2.45, 2.75) is 31.8 Å². The molecule has 2 aliphatic heterocycles. The normalized spacial score (nSPS) is 20.1. The Balaban J connectivity index is 1.54. The van der Waals surface area contributed by atoms with E-state index in [0.717, 1.165) is 53.0 Å². The van der Waals surface area contributed by atoms with Crippen molar-refractivity contribution in [3.8, 4) is 27.8 Å². The van der Waals surface area contributed by atoms with E-state index < -0.39 is 0 Å². The highest BCUT2D eigenvalue weighted by Crippen LogP contribution is 2.42. The van der Waals surface area contributed by atoms with Crippen molar-refractivity contribution < 1.29 is 4.74 Å². The maximum Gasteiger partial charge on any atom is 0.165 e. The number of anilines is 1. The number of rotatable bonds is 4. The van der Waals surface area contributed by atoms with E-state index in [9.17, 15) is 0 Å². The topological polar surface area (TPSA) is 99.7 Å². The molecule has 31 heavy (non-hydrogen) atoms. The molecule has 0 saturated carbocycles. The average molecular weight is 436 g/mol. The van der Waals surface area contributed by atoms with E-state index in [1.54, 1.807) is 23.9 Å². The molecule has 2 aliphatic rings. The van der Waals surface area contributed by atoms with Crippen LogP contribution in [0.4, 0.5) is 5.82 Å². The summed E-state index contributed by atoms with van der Waals surface area (Å²) in [6, 6.07) is 0.320. The molecule has 10 nitrogen and oxygen atoms in total. The van der Waals surface area contributed by atoms with Crippen molar-refractivity contribution in [2.24, 2.45) is 7.05 Å². The van der Waals surface area contributed by atoms with Gasteiger partial charge in [0.25, 0.3) is 0 Å². The lowest BCUT2D eigenvalue weighted by molar-refractivity contribution is 0.191. The Kier molecular flexibility index (Phi) is 4.32. The van der Waals surface area contributed by atoms with Crippen LogP contribution in [0, 0.1) is 0 Å². The van der Waals surface area contributed by atoms with E-state index in [4.69, 9.17) is 14.7 Å². The fourth-order valence-electron chi connectivity index (χ4n) is 4.53. The molecular formula is C20H21N9OS. The van der Waals surface area contributed by atoms with Gasteiger partial charge >= 0.3 is 0 Å². The quantitative estimate of drug-likeness (QED) is 0.482. The third kappa shape index (κ3) is 2.80. The summed E-state index contributed by atoms with van der Waals surface area (Å²) < 4.78 is 9.56. The maximum atomic E-state index is 5.73. The van der Waals surface area contributed by atoms with Crippen LogP contribution in [0.2, 0.25) is 0 Å². The van der Waals surface area contributed by atoms with Gasteiger partial charge in [0.2, 0.25) is 0 Å². The van der Waals surface area contributed by atoms with Crippen molar-refractivity contribution in [3.63, 3.8) is 0 Å². The van der Waals surface area contributed by atoms with Crippen LogP contribution in [0.25, 0.3) is 27.8 Å². The Morgan fingerprint density at radius 2 is 2.19 bits per heavy atom. The number of fused-ring (bicyclic) bond motifs is 3. The zero-order valence-corrected chi connectivity index (χ0v) is 18.0. The van der Waals surface area contributed by atoms with Gasteiger partial charge in [0.1, 0.15) is 22.7 Å². The lowest BCUT2D eigenvalue weighted by Gasteiger charge is -2.40. The number of aromatic nitrogens is 8.